The number of phenols is 1. The number of halogens is 3. The molecule has 0 radical (unpaired) electrons. The van der Waals surface area contributed by atoms with Crippen molar-refractivity contribution in [3.05, 3.63) is 89.7 Å². The first-order valence-corrected chi connectivity index (χ1v) is 13.8. The summed E-state index contributed by atoms with van der Waals surface area (Å²) in [7, 11) is 0. The highest BCUT2D eigenvalue weighted by molar-refractivity contribution is 6.06. The Bertz CT molecular complexity index is 1870. The number of benzene rings is 3. The summed E-state index contributed by atoms with van der Waals surface area (Å²) in [6.45, 7) is 4.49. The Morgan fingerprint density at radius 1 is 1.00 bits per heavy atom. The van der Waals surface area contributed by atoms with E-state index in [1.54, 1.807) is 36.7 Å². The van der Waals surface area contributed by atoms with Crippen LogP contribution in [0.3, 0.4) is 0 Å². The first kappa shape index (κ1) is 28.9. The molecule has 1 aliphatic heterocycles. The van der Waals surface area contributed by atoms with Gasteiger partial charge in [0.25, 0.3) is 5.91 Å². The van der Waals surface area contributed by atoms with Crippen LogP contribution in [0.5, 0.6) is 5.75 Å². The van der Waals surface area contributed by atoms with Gasteiger partial charge in [0.15, 0.2) is 0 Å². The maximum atomic E-state index is 13.2. The fourth-order valence-electron chi connectivity index (χ4n) is 5.20. The Morgan fingerprint density at radius 3 is 2.52 bits per heavy atom. The van der Waals surface area contributed by atoms with Gasteiger partial charge in [0.2, 0.25) is 5.95 Å². The molecule has 3 aromatic carbocycles. The standard InChI is InChI=1S/C32H27F3N6O3/c1-18-5-6-19(30(43)39-23-4-2-3-22(15-23)32(33,34)35)13-24(18)25-14-21-17-38-31(36)40-28(21)27(29(25)42)20-7-8-26(37-16-20)41-9-11-44-12-10-41/h2-8,13-17,42H,9-12H2,1H3,(H,39,43)(H2,36,38,40). The molecule has 1 fully saturated rings. The fraction of sp³-hybridized carbons (Fsp3) is 0.188. The molecule has 0 bridgehead atoms. The number of carbonyl (C=O) groups is 1. The third-order valence-corrected chi connectivity index (χ3v) is 7.47. The third kappa shape index (κ3) is 5.71. The largest absolute Gasteiger partial charge is 0.507 e. The van der Waals surface area contributed by atoms with Crippen molar-refractivity contribution in [2.24, 2.45) is 0 Å². The molecule has 12 heteroatoms. The number of nitrogens with two attached hydrogens (primary N) is 1. The number of ether oxygens (including phenoxy) is 1. The average molecular weight is 601 g/mol. The highest BCUT2D eigenvalue weighted by Gasteiger charge is 2.30. The normalized spacial score (nSPS) is 13.7. The summed E-state index contributed by atoms with van der Waals surface area (Å²) in [6.07, 6.45) is -1.33. The number of nitrogens with one attached hydrogen (secondary N) is 1. The number of anilines is 3. The predicted molar refractivity (Wildman–Crippen MR) is 161 cm³/mol. The molecule has 0 spiro atoms. The Balaban J connectivity index is 1.41. The first-order chi connectivity index (χ1) is 21.1. The smallest absolute Gasteiger partial charge is 0.416 e. The van der Waals surface area contributed by atoms with E-state index in [1.807, 2.05) is 19.1 Å². The molecule has 0 saturated carbocycles. The van der Waals surface area contributed by atoms with E-state index in [0.717, 1.165) is 36.6 Å². The summed E-state index contributed by atoms with van der Waals surface area (Å²) < 4.78 is 45.0. The van der Waals surface area contributed by atoms with Gasteiger partial charge in [-0.2, -0.15) is 13.2 Å². The van der Waals surface area contributed by atoms with Crippen molar-refractivity contribution >= 4 is 34.3 Å². The number of pyridine rings is 1. The van der Waals surface area contributed by atoms with E-state index in [0.29, 0.717) is 46.4 Å². The van der Waals surface area contributed by atoms with Crippen LogP contribution in [0.2, 0.25) is 0 Å². The number of amides is 1. The molecule has 1 amide bonds. The van der Waals surface area contributed by atoms with Gasteiger partial charge in [-0.25, -0.2) is 15.0 Å². The van der Waals surface area contributed by atoms with Crippen LogP contribution in [0.25, 0.3) is 33.2 Å². The Labute approximate surface area is 250 Å². The van der Waals surface area contributed by atoms with Gasteiger partial charge < -0.3 is 25.8 Å². The zero-order valence-corrected chi connectivity index (χ0v) is 23.5. The van der Waals surface area contributed by atoms with E-state index in [-0.39, 0.29) is 22.9 Å². The van der Waals surface area contributed by atoms with Crippen molar-refractivity contribution in [3.63, 3.8) is 0 Å². The summed E-state index contributed by atoms with van der Waals surface area (Å²) in [5.74, 6) is 0.106. The van der Waals surface area contributed by atoms with Gasteiger partial charge in [-0.1, -0.05) is 12.1 Å². The van der Waals surface area contributed by atoms with Crippen LogP contribution in [0.4, 0.5) is 30.6 Å². The molecule has 9 nitrogen and oxygen atoms in total. The zero-order chi connectivity index (χ0) is 31.0. The van der Waals surface area contributed by atoms with E-state index >= 15 is 0 Å². The minimum atomic E-state index is -4.55. The number of alkyl halides is 3. The number of phenolic OH excluding ortho intramolecular Hbond substituents is 1. The molecule has 4 N–H and O–H groups in total. The number of aromatic nitrogens is 3. The summed E-state index contributed by atoms with van der Waals surface area (Å²) in [5, 5.41) is 14.9. The van der Waals surface area contributed by atoms with Gasteiger partial charge in [0.05, 0.1) is 29.9 Å². The van der Waals surface area contributed by atoms with Crippen molar-refractivity contribution in [2.75, 3.05) is 42.3 Å². The molecule has 0 aliphatic carbocycles. The van der Waals surface area contributed by atoms with E-state index in [1.165, 1.54) is 12.1 Å². The maximum Gasteiger partial charge on any atom is 0.416 e. The Morgan fingerprint density at radius 2 is 1.80 bits per heavy atom. The van der Waals surface area contributed by atoms with Crippen molar-refractivity contribution < 1.29 is 27.8 Å². The minimum absolute atomic E-state index is 0.00514. The van der Waals surface area contributed by atoms with Crippen LogP contribution in [-0.4, -0.2) is 52.3 Å². The topological polar surface area (TPSA) is 126 Å². The van der Waals surface area contributed by atoms with Crippen molar-refractivity contribution in [3.8, 4) is 28.0 Å². The molecule has 2 aromatic heterocycles. The van der Waals surface area contributed by atoms with E-state index in [4.69, 9.17) is 10.5 Å². The molecule has 3 heterocycles. The van der Waals surface area contributed by atoms with Crippen molar-refractivity contribution in [1.82, 2.24) is 15.0 Å². The number of morpholine rings is 1. The van der Waals surface area contributed by atoms with Gasteiger partial charge in [-0.15, -0.1) is 0 Å². The predicted octanol–water partition coefficient (Wildman–Crippen LogP) is 6.06. The van der Waals surface area contributed by atoms with Crippen molar-refractivity contribution in [1.29, 1.82) is 0 Å². The summed E-state index contributed by atoms with van der Waals surface area (Å²) >= 11 is 0. The lowest BCUT2D eigenvalue weighted by Crippen LogP contribution is -2.36. The fourth-order valence-corrected chi connectivity index (χ4v) is 5.20. The average Bonchev–Trinajstić information content (AvgIpc) is 3.01. The lowest BCUT2D eigenvalue weighted by atomic mass is 9.92. The highest BCUT2D eigenvalue weighted by Crippen LogP contribution is 2.44. The highest BCUT2D eigenvalue weighted by atomic mass is 19.4. The van der Waals surface area contributed by atoms with Crippen LogP contribution in [-0.2, 0) is 10.9 Å². The number of nitrogen functional groups attached to an aromatic ring is 1. The molecule has 1 aliphatic rings. The molecule has 5 aromatic rings. The number of hydrogen-bond donors (Lipinski definition) is 3. The van der Waals surface area contributed by atoms with E-state index < -0.39 is 17.6 Å². The molecular weight excluding hydrogens is 573 g/mol. The van der Waals surface area contributed by atoms with Crippen LogP contribution in [0.15, 0.2) is 73.1 Å². The Hall–Kier alpha value is -5.23. The summed E-state index contributed by atoms with van der Waals surface area (Å²) in [5.41, 5.74) is 8.36. The van der Waals surface area contributed by atoms with Crippen LogP contribution in [0, 0.1) is 6.92 Å². The van der Waals surface area contributed by atoms with E-state index in [2.05, 4.69) is 25.2 Å². The van der Waals surface area contributed by atoms with Gasteiger partial charge in [-0.05, 0) is 66.6 Å². The lowest BCUT2D eigenvalue weighted by molar-refractivity contribution is -0.137. The number of hydrogen-bond acceptors (Lipinski definition) is 8. The molecule has 1 saturated heterocycles. The Kier molecular flexibility index (Phi) is 7.52. The van der Waals surface area contributed by atoms with E-state index in [9.17, 15) is 23.1 Å². The third-order valence-electron chi connectivity index (χ3n) is 7.47. The second-order valence-corrected chi connectivity index (χ2v) is 10.4. The van der Waals surface area contributed by atoms with Crippen LogP contribution in [0.1, 0.15) is 21.5 Å². The number of fused-ring (bicyclic) bond motifs is 1. The lowest BCUT2D eigenvalue weighted by Gasteiger charge is -2.27. The summed E-state index contributed by atoms with van der Waals surface area (Å²) in [6, 6.07) is 14.7. The van der Waals surface area contributed by atoms with Gasteiger partial charge in [-0.3, -0.25) is 4.79 Å². The van der Waals surface area contributed by atoms with Gasteiger partial charge >= 0.3 is 6.18 Å². The molecule has 44 heavy (non-hydrogen) atoms. The second kappa shape index (κ2) is 11.5. The minimum Gasteiger partial charge on any atom is -0.507 e. The number of rotatable bonds is 5. The molecule has 0 atom stereocenters. The molecular formula is C32H27F3N6O3. The molecule has 224 valence electrons. The van der Waals surface area contributed by atoms with Crippen LogP contribution < -0.4 is 16.0 Å². The monoisotopic (exact) mass is 600 g/mol. The van der Waals surface area contributed by atoms with Crippen LogP contribution >= 0.6 is 0 Å². The van der Waals surface area contributed by atoms with Gasteiger partial charge in [0.1, 0.15) is 11.6 Å². The maximum absolute atomic E-state index is 13.2. The second-order valence-electron chi connectivity index (χ2n) is 10.4. The quantitative estimate of drug-likeness (QED) is 0.222. The molecule has 6 rings (SSSR count). The zero-order valence-electron chi connectivity index (χ0n) is 23.5. The van der Waals surface area contributed by atoms with Gasteiger partial charge in [0, 0.05) is 53.2 Å². The summed E-state index contributed by atoms with van der Waals surface area (Å²) in [4.78, 5) is 28.4. The number of nitrogens with zero attached hydrogens (tertiary/aromatic N) is 4. The number of aryl methyl sites for hydroxylation is 1. The first-order valence-electron chi connectivity index (χ1n) is 13.8. The number of aromatic hydroxyl groups is 1. The number of carbonyl (C=O) groups excluding carboxylic acids is 1. The van der Waals surface area contributed by atoms with Crippen molar-refractivity contribution in [2.45, 2.75) is 13.1 Å². The molecule has 0 unspecified atom stereocenters. The SMILES string of the molecule is Cc1ccc(C(=O)Nc2cccc(C(F)(F)F)c2)cc1-c1cc2cnc(N)nc2c(-c2ccc(N3CCOCC3)nc2)c1O.